The summed E-state index contributed by atoms with van der Waals surface area (Å²) in [6, 6.07) is 0.0305. The number of nitrogens with one attached hydrogen (secondary N) is 1. The third-order valence-corrected chi connectivity index (χ3v) is 3.11. The lowest BCUT2D eigenvalue weighted by molar-refractivity contribution is 0.0509. The third-order valence-electron chi connectivity index (χ3n) is 2.84. The Kier molecular flexibility index (Phi) is 4.32. The summed E-state index contributed by atoms with van der Waals surface area (Å²) >= 11 is 6.02. The summed E-state index contributed by atoms with van der Waals surface area (Å²) < 4.78 is 5.24. The standard InChI is InChI=1S/C13H19ClN4O2/c1-13(2,3)20-12(19)17-9-4-7-18(8-9)11-10(14)15-5-6-16-11/h5-6,9H,4,7-8H2,1-3H3,(H,17,19)/t9-/m0/s1. The summed E-state index contributed by atoms with van der Waals surface area (Å²) in [5.74, 6) is 0.655. The SMILES string of the molecule is CC(C)(C)OC(=O)N[C@H]1CCN(c2nccnc2Cl)C1. The van der Waals surface area contributed by atoms with E-state index >= 15 is 0 Å². The average Bonchev–Trinajstić information content (AvgIpc) is 2.75. The van der Waals surface area contributed by atoms with E-state index in [2.05, 4.69) is 15.3 Å². The summed E-state index contributed by atoms with van der Waals surface area (Å²) in [4.78, 5) is 22.0. The molecule has 0 unspecified atom stereocenters. The van der Waals surface area contributed by atoms with E-state index in [4.69, 9.17) is 16.3 Å². The van der Waals surface area contributed by atoms with Crippen molar-refractivity contribution in [1.82, 2.24) is 15.3 Å². The topological polar surface area (TPSA) is 67.3 Å². The van der Waals surface area contributed by atoms with Crippen LogP contribution in [0.15, 0.2) is 12.4 Å². The molecule has 2 heterocycles. The quantitative estimate of drug-likeness (QED) is 0.907. The van der Waals surface area contributed by atoms with Gasteiger partial charge in [0.15, 0.2) is 11.0 Å². The van der Waals surface area contributed by atoms with Gasteiger partial charge in [-0.25, -0.2) is 14.8 Å². The second-order valence-electron chi connectivity index (χ2n) is 5.75. The predicted molar refractivity (Wildman–Crippen MR) is 77.0 cm³/mol. The molecule has 0 aromatic carbocycles. The number of ether oxygens (including phenoxy) is 1. The van der Waals surface area contributed by atoms with Crippen molar-refractivity contribution in [2.24, 2.45) is 0 Å². The highest BCUT2D eigenvalue weighted by Crippen LogP contribution is 2.24. The molecule has 6 nitrogen and oxygen atoms in total. The minimum absolute atomic E-state index is 0.0305. The minimum Gasteiger partial charge on any atom is -0.444 e. The molecule has 20 heavy (non-hydrogen) atoms. The molecule has 1 aromatic rings. The Bertz CT molecular complexity index is 490. The van der Waals surface area contributed by atoms with Crippen LogP contribution in [0.25, 0.3) is 0 Å². The fourth-order valence-corrected chi connectivity index (χ4v) is 2.30. The zero-order valence-electron chi connectivity index (χ0n) is 11.9. The summed E-state index contributed by atoms with van der Waals surface area (Å²) in [6.07, 6.45) is 3.59. The van der Waals surface area contributed by atoms with Gasteiger partial charge in [-0.15, -0.1) is 0 Å². The summed E-state index contributed by atoms with van der Waals surface area (Å²) in [6.45, 7) is 6.95. The lowest BCUT2D eigenvalue weighted by atomic mass is 10.2. The van der Waals surface area contributed by atoms with E-state index in [1.165, 1.54) is 0 Å². The van der Waals surface area contributed by atoms with Crippen molar-refractivity contribution in [2.45, 2.75) is 38.8 Å². The Hall–Kier alpha value is -1.56. The van der Waals surface area contributed by atoms with Crippen molar-refractivity contribution in [3.63, 3.8) is 0 Å². The third kappa shape index (κ3) is 3.96. The first kappa shape index (κ1) is 14.8. The van der Waals surface area contributed by atoms with Crippen LogP contribution in [0.1, 0.15) is 27.2 Å². The molecule has 0 radical (unpaired) electrons. The van der Waals surface area contributed by atoms with Crippen molar-refractivity contribution >= 4 is 23.5 Å². The molecule has 1 aliphatic rings. The average molecular weight is 299 g/mol. The number of anilines is 1. The zero-order chi connectivity index (χ0) is 14.8. The number of hydrogen-bond donors (Lipinski definition) is 1. The summed E-state index contributed by atoms with van der Waals surface area (Å²) in [7, 11) is 0. The van der Waals surface area contributed by atoms with Gasteiger partial charge in [0.05, 0.1) is 6.04 Å². The molecule has 7 heteroatoms. The van der Waals surface area contributed by atoms with Gasteiger partial charge in [0.25, 0.3) is 0 Å². The molecule has 0 saturated carbocycles. The van der Waals surface area contributed by atoms with Crippen molar-refractivity contribution < 1.29 is 9.53 Å². The van der Waals surface area contributed by atoms with Crippen molar-refractivity contribution in [3.8, 4) is 0 Å². The highest BCUT2D eigenvalue weighted by Gasteiger charge is 2.27. The van der Waals surface area contributed by atoms with Crippen LogP contribution in [-0.2, 0) is 4.74 Å². The van der Waals surface area contributed by atoms with Gasteiger partial charge in [0.1, 0.15) is 5.60 Å². The second-order valence-corrected chi connectivity index (χ2v) is 6.11. The van der Waals surface area contributed by atoms with Gasteiger partial charge in [-0.3, -0.25) is 0 Å². The van der Waals surface area contributed by atoms with Crippen molar-refractivity contribution in [1.29, 1.82) is 0 Å². The maximum atomic E-state index is 11.7. The number of carbonyl (C=O) groups excluding carboxylic acids is 1. The monoisotopic (exact) mass is 298 g/mol. The molecule has 1 amide bonds. The molecule has 110 valence electrons. The van der Waals surface area contributed by atoms with Gasteiger partial charge in [-0.05, 0) is 27.2 Å². The maximum absolute atomic E-state index is 11.7. The Balaban J connectivity index is 1.90. The van der Waals surface area contributed by atoms with Crippen LogP contribution in [0, 0.1) is 0 Å². The van der Waals surface area contributed by atoms with E-state index in [0.29, 0.717) is 17.5 Å². The lowest BCUT2D eigenvalue weighted by Crippen LogP contribution is -2.40. The fraction of sp³-hybridized carbons (Fsp3) is 0.615. The van der Waals surface area contributed by atoms with Crippen LogP contribution in [-0.4, -0.2) is 40.8 Å². The Morgan fingerprint density at radius 3 is 2.80 bits per heavy atom. The van der Waals surface area contributed by atoms with E-state index in [-0.39, 0.29) is 6.04 Å². The van der Waals surface area contributed by atoms with Crippen molar-refractivity contribution in [2.75, 3.05) is 18.0 Å². The molecule has 0 aliphatic carbocycles. The maximum Gasteiger partial charge on any atom is 0.407 e. The number of nitrogens with zero attached hydrogens (tertiary/aromatic N) is 3. The van der Waals surface area contributed by atoms with Crippen molar-refractivity contribution in [3.05, 3.63) is 17.5 Å². The lowest BCUT2D eigenvalue weighted by Gasteiger charge is -2.22. The van der Waals surface area contributed by atoms with E-state index in [9.17, 15) is 4.79 Å². The van der Waals surface area contributed by atoms with Gasteiger partial charge in [0, 0.05) is 25.5 Å². The highest BCUT2D eigenvalue weighted by atomic mass is 35.5. The van der Waals surface area contributed by atoms with Gasteiger partial charge in [0.2, 0.25) is 0 Å². The molecule has 1 N–H and O–H groups in total. The first-order valence-corrected chi connectivity index (χ1v) is 6.94. The van der Waals surface area contributed by atoms with Gasteiger partial charge >= 0.3 is 6.09 Å². The first-order chi connectivity index (χ1) is 9.35. The van der Waals surface area contributed by atoms with Crippen LogP contribution in [0.4, 0.5) is 10.6 Å². The number of aromatic nitrogens is 2. The molecule has 1 aromatic heterocycles. The number of amides is 1. The summed E-state index contributed by atoms with van der Waals surface area (Å²) in [5.41, 5.74) is -0.489. The highest BCUT2D eigenvalue weighted by molar-refractivity contribution is 6.31. The smallest absolute Gasteiger partial charge is 0.407 e. The molecular weight excluding hydrogens is 280 g/mol. The normalized spacial score (nSPS) is 19.0. The predicted octanol–water partition coefficient (Wildman–Crippen LogP) is 2.23. The fourth-order valence-electron chi connectivity index (χ4n) is 2.07. The van der Waals surface area contributed by atoms with Crippen LogP contribution in [0.5, 0.6) is 0 Å². The molecule has 0 spiro atoms. The number of carbonyl (C=O) groups is 1. The number of halogens is 1. The number of rotatable bonds is 2. The Morgan fingerprint density at radius 2 is 2.15 bits per heavy atom. The summed E-state index contributed by atoms with van der Waals surface area (Å²) in [5, 5.41) is 3.24. The van der Waals surface area contributed by atoms with Crippen LogP contribution < -0.4 is 10.2 Å². The molecule has 1 saturated heterocycles. The van der Waals surface area contributed by atoms with E-state index < -0.39 is 11.7 Å². The Labute approximate surface area is 123 Å². The molecular formula is C13H19ClN4O2. The van der Waals surface area contributed by atoms with Crippen LogP contribution in [0.2, 0.25) is 5.15 Å². The first-order valence-electron chi connectivity index (χ1n) is 6.56. The van der Waals surface area contributed by atoms with Crippen LogP contribution in [0.3, 0.4) is 0 Å². The van der Waals surface area contributed by atoms with Gasteiger partial charge < -0.3 is 15.0 Å². The van der Waals surface area contributed by atoms with E-state index in [0.717, 1.165) is 13.0 Å². The molecule has 0 bridgehead atoms. The minimum atomic E-state index is -0.489. The van der Waals surface area contributed by atoms with Crippen LogP contribution >= 0.6 is 11.6 Å². The van der Waals surface area contributed by atoms with E-state index in [1.54, 1.807) is 12.4 Å². The molecule has 1 fully saturated rings. The van der Waals surface area contributed by atoms with Gasteiger partial charge in [-0.1, -0.05) is 11.6 Å². The van der Waals surface area contributed by atoms with Gasteiger partial charge in [-0.2, -0.15) is 0 Å². The molecule has 2 rings (SSSR count). The zero-order valence-corrected chi connectivity index (χ0v) is 12.6. The molecule has 1 atom stereocenters. The molecule has 1 aliphatic heterocycles. The largest absolute Gasteiger partial charge is 0.444 e. The number of alkyl carbamates (subject to hydrolysis) is 1. The van der Waals surface area contributed by atoms with E-state index in [1.807, 2.05) is 25.7 Å². The second kappa shape index (κ2) is 5.83. The number of hydrogen-bond acceptors (Lipinski definition) is 5. The Morgan fingerprint density at radius 1 is 1.45 bits per heavy atom.